The molecule has 0 aromatic heterocycles. The summed E-state index contributed by atoms with van der Waals surface area (Å²) >= 11 is 0. The highest BCUT2D eigenvalue weighted by Gasteiger charge is 2.36. The van der Waals surface area contributed by atoms with Gasteiger partial charge in [0.15, 0.2) is 5.84 Å². The molecule has 1 amide bonds. The summed E-state index contributed by atoms with van der Waals surface area (Å²) < 4.78 is 0. The first-order valence-electron chi connectivity index (χ1n) is 6.31. The number of oxime groups is 1. The van der Waals surface area contributed by atoms with Gasteiger partial charge in [-0.1, -0.05) is 12.1 Å². The van der Waals surface area contributed by atoms with Gasteiger partial charge in [-0.25, -0.2) is 0 Å². The molecule has 1 rings (SSSR count). The maximum atomic E-state index is 12.4. The number of carbonyl (C=O) groups excluding carboxylic acids is 1. The molecule has 1 saturated heterocycles. The molecule has 0 saturated carbocycles. The second kappa shape index (κ2) is 5.56. The number of hydrogen-bond donors (Lipinski definition) is 2. The lowest BCUT2D eigenvalue weighted by molar-refractivity contribution is -0.138. The normalized spacial score (nSPS) is 22.9. The van der Waals surface area contributed by atoms with Gasteiger partial charge in [-0.3, -0.25) is 9.69 Å². The van der Waals surface area contributed by atoms with Crippen molar-refractivity contribution in [2.75, 3.05) is 26.7 Å². The van der Waals surface area contributed by atoms with Crippen LogP contribution in [0.1, 0.15) is 27.2 Å². The molecule has 0 aromatic rings. The monoisotopic (exact) mass is 256 g/mol. The summed E-state index contributed by atoms with van der Waals surface area (Å²) in [4.78, 5) is 16.4. The Morgan fingerprint density at radius 1 is 1.50 bits per heavy atom. The lowest BCUT2D eigenvalue weighted by Crippen LogP contribution is -2.60. The summed E-state index contributed by atoms with van der Waals surface area (Å²) in [5, 5.41) is 11.7. The van der Waals surface area contributed by atoms with Gasteiger partial charge in [-0.2, -0.15) is 0 Å². The van der Waals surface area contributed by atoms with Crippen molar-refractivity contribution in [3.8, 4) is 0 Å². The first-order chi connectivity index (χ1) is 8.33. The minimum Gasteiger partial charge on any atom is -0.409 e. The molecule has 0 radical (unpaired) electrons. The molecule has 1 atom stereocenters. The predicted octanol–water partition coefficient (Wildman–Crippen LogP) is 0.312. The van der Waals surface area contributed by atoms with E-state index in [1.165, 1.54) is 0 Å². The molecule has 6 nitrogen and oxygen atoms in total. The summed E-state index contributed by atoms with van der Waals surface area (Å²) in [7, 11) is 2.06. The standard InChI is InChI=1S/C12H24N4O2/c1-5-9(10(13)14-18)11(17)16-7-6-15(4)12(2,3)8-16/h9,18H,5-8H2,1-4H3,(H2,13,14). The lowest BCUT2D eigenvalue weighted by Gasteiger charge is -2.46. The fourth-order valence-electron chi connectivity index (χ4n) is 2.23. The highest BCUT2D eigenvalue weighted by Crippen LogP contribution is 2.21. The Morgan fingerprint density at radius 3 is 2.56 bits per heavy atom. The molecule has 1 heterocycles. The van der Waals surface area contributed by atoms with Crippen molar-refractivity contribution in [1.82, 2.24) is 9.80 Å². The van der Waals surface area contributed by atoms with Crippen LogP contribution in [0.4, 0.5) is 0 Å². The number of carbonyl (C=O) groups is 1. The Balaban J connectivity index is 2.79. The van der Waals surface area contributed by atoms with Crippen molar-refractivity contribution in [2.24, 2.45) is 16.8 Å². The van der Waals surface area contributed by atoms with E-state index < -0.39 is 5.92 Å². The molecule has 18 heavy (non-hydrogen) atoms. The van der Waals surface area contributed by atoms with Gasteiger partial charge in [-0.15, -0.1) is 0 Å². The number of rotatable bonds is 3. The Morgan fingerprint density at radius 2 is 2.11 bits per heavy atom. The average Bonchev–Trinajstić information content (AvgIpc) is 2.32. The zero-order chi connectivity index (χ0) is 13.9. The fourth-order valence-corrected chi connectivity index (χ4v) is 2.23. The van der Waals surface area contributed by atoms with Gasteiger partial charge in [0.1, 0.15) is 0 Å². The Kier molecular flexibility index (Phi) is 4.56. The van der Waals surface area contributed by atoms with Crippen LogP contribution in [0.3, 0.4) is 0 Å². The molecule has 1 aliphatic heterocycles. The SMILES string of the molecule is CCC(C(=O)N1CCN(C)C(C)(C)C1)C(N)=NO. The third-order valence-corrected chi connectivity index (χ3v) is 3.81. The van der Waals surface area contributed by atoms with Crippen LogP contribution >= 0.6 is 0 Å². The summed E-state index contributed by atoms with van der Waals surface area (Å²) in [5.41, 5.74) is 5.53. The van der Waals surface area contributed by atoms with Gasteiger partial charge < -0.3 is 15.8 Å². The molecule has 104 valence electrons. The number of amidine groups is 1. The van der Waals surface area contributed by atoms with Crippen molar-refractivity contribution in [1.29, 1.82) is 0 Å². The fraction of sp³-hybridized carbons (Fsp3) is 0.833. The van der Waals surface area contributed by atoms with Crippen molar-refractivity contribution in [2.45, 2.75) is 32.7 Å². The average molecular weight is 256 g/mol. The molecule has 0 aromatic carbocycles. The van der Waals surface area contributed by atoms with Crippen LogP contribution in [0, 0.1) is 5.92 Å². The molecule has 6 heteroatoms. The van der Waals surface area contributed by atoms with Crippen LogP contribution in [0.2, 0.25) is 0 Å². The molecule has 0 aliphatic carbocycles. The second-order valence-corrected chi connectivity index (χ2v) is 5.48. The van der Waals surface area contributed by atoms with Crippen molar-refractivity contribution in [3.05, 3.63) is 0 Å². The predicted molar refractivity (Wildman–Crippen MR) is 70.5 cm³/mol. The Hall–Kier alpha value is -1.30. The minimum atomic E-state index is -0.519. The van der Waals surface area contributed by atoms with E-state index in [1.54, 1.807) is 0 Å². The summed E-state index contributed by atoms with van der Waals surface area (Å²) in [6, 6.07) is 0. The molecule has 0 bridgehead atoms. The maximum Gasteiger partial charge on any atom is 0.233 e. The molecule has 0 spiro atoms. The Bertz CT molecular complexity index is 341. The third-order valence-electron chi connectivity index (χ3n) is 3.81. The van der Waals surface area contributed by atoms with E-state index in [-0.39, 0.29) is 17.3 Å². The van der Waals surface area contributed by atoms with Crippen molar-refractivity contribution < 1.29 is 10.0 Å². The molecule has 1 fully saturated rings. The summed E-state index contributed by atoms with van der Waals surface area (Å²) in [6.07, 6.45) is 0.543. The minimum absolute atomic E-state index is 0.000709. The van der Waals surface area contributed by atoms with Crippen molar-refractivity contribution in [3.63, 3.8) is 0 Å². The van der Waals surface area contributed by atoms with Crippen LogP contribution in [0.15, 0.2) is 5.16 Å². The topological polar surface area (TPSA) is 82.2 Å². The Labute approximate surface area is 108 Å². The molecule has 3 N–H and O–H groups in total. The number of amides is 1. The van der Waals surface area contributed by atoms with Crippen LogP contribution in [0.25, 0.3) is 0 Å². The molecular weight excluding hydrogens is 232 g/mol. The molecule has 1 unspecified atom stereocenters. The third kappa shape index (κ3) is 2.93. The van der Waals surface area contributed by atoms with Crippen LogP contribution in [0.5, 0.6) is 0 Å². The second-order valence-electron chi connectivity index (χ2n) is 5.48. The van der Waals surface area contributed by atoms with Gasteiger partial charge in [0, 0.05) is 25.2 Å². The zero-order valence-electron chi connectivity index (χ0n) is 11.7. The summed E-state index contributed by atoms with van der Waals surface area (Å²) in [6.45, 7) is 8.27. The van der Waals surface area contributed by atoms with E-state index in [0.29, 0.717) is 19.5 Å². The first-order valence-corrected chi connectivity index (χ1v) is 6.31. The van der Waals surface area contributed by atoms with E-state index >= 15 is 0 Å². The van der Waals surface area contributed by atoms with Gasteiger partial charge in [0.2, 0.25) is 5.91 Å². The van der Waals surface area contributed by atoms with Crippen LogP contribution < -0.4 is 5.73 Å². The number of hydrogen-bond acceptors (Lipinski definition) is 4. The molecule has 1 aliphatic rings. The quantitative estimate of drug-likeness (QED) is 0.329. The first kappa shape index (κ1) is 14.8. The number of likely N-dealkylation sites (N-methyl/N-ethyl adjacent to an activating group) is 1. The van der Waals surface area contributed by atoms with E-state index in [9.17, 15) is 4.79 Å². The van der Waals surface area contributed by atoms with Gasteiger partial charge in [0.05, 0.1) is 5.92 Å². The maximum absolute atomic E-state index is 12.4. The number of nitrogens with zero attached hydrogens (tertiary/aromatic N) is 3. The largest absolute Gasteiger partial charge is 0.409 e. The van der Waals surface area contributed by atoms with E-state index in [4.69, 9.17) is 10.9 Å². The van der Waals surface area contributed by atoms with Crippen LogP contribution in [-0.2, 0) is 4.79 Å². The van der Waals surface area contributed by atoms with E-state index in [0.717, 1.165) is 6.54 Å². The van der Waals surface area contributed by atoms with Gasteiger partial charge >= 0.3 is 0 Å². The van der Waals surface area contributed by atoms with Gasteiger partial charge in [-0.05, 0) is 27.3 Å². The van der Waals surface area contributed by atoms with E-state index in [2.05, 4.69) is 31.0 Å². The van der Waals surface area contributed by atoms with Crippen LogP contribution in [-0.4, -0.2) is 59.0 Å². The number of piperazine rings is 1. The zero-order valence-corrected chi connectivity index (χ0v) is 11.7. The highest BCUT2D eigenvalue weighted by atomic mass is 16.4. The molecular formula is C12H24N4O2. The van der Waals surface area contributed by atoms with Crippen molar-refractivity contribution >= 4 is 11.7 Å². The van der Waals surface area contributed by atoms with E-state index in [1.807, 2.05) is 11.8 Å². The highest BCUT2D eigenvalue weighted by molar-refractivity contribution is 6.02. The lowest BCUT2D eigenvalue weighted by atomic mass is 9.97. The smallest absolute Gasteiger partial charge is 0.233 e. The summed E-state index contributed by atoms with van der Waals surface area (Å²) in [5.74, 6) is -0.567. The van der Waals surface area contributed by atoms with Gasteiger partial charge in [0.25, 0.3) is 0 Å². The number of nitrogens with two attached hydrogens (primary N) is 1.